The summed E-state index contributed by atoms with van der Waals surface area (Å²) < 4.78 is 0. The SMILES string of the molecule is Cc1ccccc1[C@@H]1[C@@H](C(=O)O)C1(C)C. The summed E-state index contributed by atoms with van der Waals surface area (Å²) in [4.78, 5) is 11.1. The highest BCUT2D eigenvalue weighted by molar-refractivity contribution is 5.77. The lowest BCUT2D eigenvalue weighted by Crippen LogP contribution is -2.03. The van der Waals surface area contributed by atoms with Crippen LogP contribution in [-0.4, -0.2) is 11.1 Å². The largest absolute Gasteiger partial charge is 0.481 e. The Morgan fingerprint density at radius 3 is 2.40 bits per heavy atom. The van der Waals surface area contributed by atoms with E-state index in [9.17, 15) is 4.79 Å². The molecule has 0 saturated heterocycles. The van der Waals surface area contributed by atoms with Gasteiger partial charge in [-0.1, -0.05) is 38.1 Å². The molecule has 2 rings (SSSR count). The molecule has 1 fully saturated rings. The summed E-state index contributed by atoms with van der Waals surface area (Å²) in [6.07, 6.45) is 0. The first-order valence-corrected chi connectivity index (χ1v) is 5.24. The molecule has 2 nitrogen and oxygen atoms in total. The van der Waals surface area contributed by atoms with Crippen LogP contribution >= 0.6 is 0 Å². The third-order valence-corrected chi connectivity index (χ3v) is 3.62. The van der Waals surface area contributed by atoms with Crippen molar-refractivity contribution in [1.29, 1.82) is 0 Å². The summed E-state index contributed by atoms with van der Waals surface area (Å²) in [5.41, 5.74) is 2.28. The number of benzene rings is 1. The first-order valence-electron chi connectivity index (χ1n) is 5.24. The summed E-state index contributed by atoms with van der Waals surface area (Å²) in [5, 5.41) is 9.11. The molecule has 0 spiro atoms. The first-order chi connectivity index (χ1) is 6.96. The molecular weight excluding hydrogens is 188 g/mol. The van der Waals surface area contributed by atoms with Crippen LogP contribution in [0.15, 0.2) is 24.3 Å². The number of aryl methyl sites for hydroxylation is 1. The van der Waals surface area contributed by atoms with Gasteiger partial charge >= 0.3 is 5.97 Å². The summed E-state index contributed by atoms with van der Waals surface area (Å²) in [7, 11) is 0. The normalized spacial score (nSPS) is 27.4. The fourth-order valence-corrected chi connectivity index (χ4v) is 2.61. The molecule has 1 N–H and O–H groups in total. The van der Waals surface area contributed by atoms with Gasteiger partial charge in [0.25, 0.3) is 0 Å². The van der Waals surface area contributed by atoms with Crippen LogP contribution in [0.25, 0.3) is 0 Å². The predicted octanol–water partition coefficient (Wildman–Crippen LogP) is 2.82. The Balaban J connectivity index is 2.36. The third-order valence-electron chi connectivity index (χ3n) is 3.62. The summed E-state index contributed by atoms with van der Waals surface area (Å²) in [5.74, 6) is -0.719. The van der Waals surface area contributed by atoms with Gasteiger partial charge in [0.15, 0.2) is 0 Å². The molecule has 15 heavy (non-hydrogen) atoms. The summed E-state index contributed by atoms with van der Waals surface area (Å²) in [6.45, 7) is 6.11. The van der Waals surface area contributed by atoms with Gasteiger partial charge in [0.2, 0.25) is 0 Å². The predicted molar refractivity (Wildman–Crippen MR) is 58.8 cm³/mol. The number of carbonyl (C=O) groups is 1. The topological polar surface area (TPSA) is 37.3 Å². The summed E-state index contributed by atoms with van der Waals surface area (Å²) >= 11 is 0. The van der Waals surface area contributed by atoms with E-state index in [-0.39, 0.29) is 17.3 Å². The molecule has 0 heterocycles. The number of hydrogen-bond acceptors (Lipinski definition) is 1. The fourth-order valence-electron chi connectivity index (χ4n) is 2.61. The van der Waals surface area contributed by atoms with E-state index < -0.39 is 5.97 Å². The Bertz CT molecular complexity index is 407. The van der Waals surface area contributed by atoms with Crippen molar-refractivity contribution in [1.82, 2.24) is 0 Å². The van der Waals surface area contributed by atoms with Crippen LogP contribution in [0.4, 0.5) is 0 Å². The van der Waals surface area contributed by atoms with Crippen LogP contribution in [0.1, 0.15) is 30.9 Å². The zero-order valence-corrected chi connectivity index (χ0v) is 9.32. The Kier molecular flexibility index (Phi) is 2.10. The zero-order chi connectivity index (χ0) is 11.2. The highest BCUT2D eigenvalue weighted by Gasteiger charge is 2.62. The van der Waals surface area contributed by atoms with Gasteiger partial charge in [-0.2, -0.15) is 0 Å². The lowest BCUT2D eigenvalue weighted by Gasteiger charge is -2.05. The smallest absolute Gasteiger partial charge is 0.307 e. The molecule has 0 aliphatic heterocycles. The maximum Gasteiger partial charge on any atom is 0.307 e. The number of aliphatic carboxylic acids is 1. The monoisotopic (exact) mass is 204 g/mol. The van der Waals surface area contributed by atoms with Gasteiger partial charge in [-0.3, -0.25) is 4.79 Å². The van der Waals surface area contributed by atoms with Gasteiger partial charge in [-0.25, -0.2) is 0 Å². The van der Waals surface area contributed by atoms with Crippen molar-refractivity contribution in [3.63, 3.8) is 0 Å². The van der Waals surface area contributed by atoms with Crippen molar-refractivity contribution in [2.45, 2.75) is 26.7 Å². The lowest BCUT2D eigenvalue weighted by molar-refractivity contribution is -0.139. The van der Waals surface area contributed by atoms with Crippen LogP contribution in [0.2, 0.25) is 0 Å². The summed E-state index contributed by atoms with van der Waals surface area (Å²) in [6, 6.07) is 8.06. The second kappa shape index (κ2) is 3.09. The van der Waals surface area contributed by atoms with Crippen molar-refractivity contribution in [3.05, 3.63) is 35.4 Å². The molecule has 2 atom stereocenters. The number of hydrogen-bond donors (Lipinski definition) is 1. The molecule has 1 saturated carbocycles. The molecule has 1 aliphatic rings. The highest BCUT2D eigenvalue weighted by Crippen LogP contribution is 2.64. The standard InChI is InChI=1S/C13H16O2/c1-8-6-4-5-7-9(8)10-11(12(14)15)13(10,2)3/h4-7,10-11H,1-3H3,(H,14,15)/t10-,11+/m1/s1. The zero-order valence-electron chi connectivity index (χ0n) is 9.32. The number of carboxylic acid groups (broad SMARTS) is 1. The Hall–Kier alpha value is -1.31. The van der Waals surface area contributed by atoms with Gasteiger partial charge in [0.05, 0.1) is 5.92 Å². The minimum atomic E-state index is -0.673. The average Bonchev–Trinajstić information content (AvgIpc) is 2.70. The molecule has 80 valence electrons. The Morgan fingerprint density at radius 2 is 1.93 bits per heavy atom. The highest BCUT2D eigenvalue weighted by atomic mass is 16.4. The van der Waals surface area contributed by atoms with E-state index in [2.05, 4.69) is 0 Å². The molecular formula is C13H16O2. The Morgan fingerprint density at radius 1 is 1.33 bits per heavy atom. The minimum absolute atomic E-state index is 0.0993. The molecule has 1 aliphatic carbocycles. The van der Waals surface area contributed by atoms with E-state index in [0.717, 1.165) is 0 Å². The van der Waals surface area contributed by atoms with Crippen molar-refractivity contribution in [2.75, 3.05) is 0 Å². The van der Waals surface area contributed by atoms with Gasteiger partial charge in [0.1, 0.15) is 0 Å². The van der Waals surface area contributed by atoms with Crippen LogP contribution in [0.5, 0.6) is 0 Å². The number of carboxylic acids is 1. The average molecular weight is 204 g/mol. The molecule has 2 heteroatoms. The van der Waals surface area contributed by atoms with Crippen LogP contribution < -0.4 is 0 Å². The van der Waals surface area contributed by atoms with Crippen molar-refractivity contribution in [3.8, 4) is 0 Å². The molecule has 0 aromatic heterocycles. The number of rotatable bonds is 2. The van der Waals surface area contributed by atoms with E-state index in [4.69, 9.17) is 5.11 Å². The minimum Gasteiger partial charge on any atom is -0.481 e. The second-order valence-electron chi connectivity index (χ2n) is 4.97. The van der Waals surface area contributed by atoms with E-state index in [1.165, 1.54) is 11.1 Å². The second-order valence-corrected chi connectivity index (χ2v) is 4.97. The van der Waals surface area contributed by atoms with Crippen LogP contribution in [0.3, 0.4) is 0 Å². The van der Waals surface area contributed by atoms with E-state index >= 15 is 0 Å². The fraction of sp³-hybridized carbons (Fsp3) is 0.462. The third kappa shape index (κ3) is 1.44. The van der Waals surface area contributed by atoms with Crippen molar-refractivity contribution in [2.24, 2.45) is 11.3 Å². The molecule has 1 aromatic carbocycles. The molecule has 0 radical (unpaired) electrons. The lowest BCUT2D eigenvalue weighted by atomic mass is 9.99. The molecule has 1 aromatic rings. The van der Waals surface area contributed by atoms with Gasteiger partial charge < -0.3 is 5.11 Å². The van der Waals surface area contributed by atoms with E-state index in [1.54, 1.807) is 0 Å². The van der Waals surface area contributed by atoms with Crippen LogP contribution in [0, 0.1) is 18.3 Å². The quantitative estimate of drug-likeness (QED) is 0.804. The van der Waals surface area contributed by atoms with Gasteiger partial charge in [-0.05, 0) is 23.5 Å². The molecule has 0 unspecified atom stereocenters. The molecule has 0 amide bonds. The maximum atomic E-state index is 11.1. The first kappa shape index (κ1) is 10.2. The van der Waals surface area contributed by atoms with Crippen molar-refractivity contribution >= 4 is 5.97 Å². The van der Waals surface area contributed by atoms with Gasteiger partial charge in [-0.15, -0.1) is 0 Å². The Labute approximate surface area is 89.9 Å². The van der Waals surface area contributed by atoms with Gasteiger partial charge in [0, 0.05) is 5.92 Å². The molecule has 0 bridgehead atoms. The van der Waals surface area contributed by atoms with Crippen molar-refractivity contribution < 1.29 is 9.90 Å². The van der Waals surface area contributed by atoms with Crippen LogP contribution in [-0.2, 0) is 4.79 Å². The van der Waals surface area contributed by atoms with E-state index in [0.29, 0.717) is 0 Å². The van der Waals surface area contributed by atoms with E-state index in [1.807, 2.05) is 45.0 Å². The maximum absolute atomic E-state index is 11.1.